The van der Waals surface area contributed by atoms with E-state index in [-0.39, 0.29) is 30.1 Å². The summed E-state index contributed by atoms with van der Waals surface area (Å²) < 4.78 is 39.2. The molecule has 3 aliphatic rings. The molecule has 5 rings (SSSR count). The van der Waals surface area contributed by atoms with Gasteiger partial charge in [0, 0.05) is 42.9 Å². The fourth-order valence-corrected chi connectivity index (χ4v) is 5.11. The number of carbonyl (C=O) groups excluding carboxylic acids is 5. The van der Waals surface area contributed by atoms with Crippen LogP contribution in [0.4, 0.5) is 24.5 Å². The highest BCUT2D eigenvalue weighted by molar-refractivity contribution is 6.20. The molecule has 4 N–H and O–H groups in total. The van der Waals surface area contributed by atoms with Crippen molar-refractivity contribution in [3.8, 4) is 0 Å². The summed E-state index contributed by atoms with van der Waals surface area (Å²) in [4.78, 5) is 63.0. The molecule has 0 aromatic heterocycles. The zero-order valence-electron chi connectivity index (χ0n) is 20.9. The number of nitrogens with one attached hydrogen (secondary N) is 4. The zero-order chi connectivity index (χ0) is 28.6. The SMILES string of the molecule is O=C1CCC(N2C(=O)C=C(Nc3cccc([C@H]4CNCC4C(=O)Nc4cccc(C(F)(F)F)c4)c3)C2=O)C(=O)N1. The van der Waals surface area contributed by atoms with E-state index in [0.717, 1.165) is 28.7 Å². The minimum Gasteiger partial charge on any atom is -0.351 e. The molecule has 0 aliphatic carbocycles. The number of anilines is 2. The van der Waals surface area contributed by atoms with Gasteiger partial charge in [0.05, 0.1) is 11.5 Å². The Morgan fingerprint density at radius 1 is 0.975 bits per heavy atom. The Labute approximate surface area is 226 Å². The third kappa shape index (κ3) is 5.45. The van der Waals surface area contributed by atoms with Crippen molar-refractivity contribution in [2.24, 2.45) is 5.92 Å². The van der Waals surface area contributed by atoms with E-state index in [2.05, 4.69) is 21.3 Å². The van der Waals surface area contributed by atoms with E-state index in [0.29, 0.717) is 18.8 Å². The van der Waals surface area contributed by atoms with Crippen molar-refractivity contribution in [1.82, 2.24) is 15.5 Å². The summed E-state index contributed by atoms with van der Waals surface area (Å²) in [5, 5.41) is 10.8. The topological polar surface area (TPSA) is 137 Å². The Kier molecular flexibility index (Phi) is 7.15. The molecular weight excluding hydrogens is 531 g/mol. The first kappa shape index (κ1) is 27.1. The first-order valence-electron chi connectivity index (χ1n) is 12.5. The number of rotatable bonds is 6. The molecule has 208 valence electrons. The Balaban J connectivity index is 1.28. The van der Waals surface area contributed by atoms with Gasteiger partial charge >= 0.3 is 6.18 Å². The molecule has 3 aliphatic heterocycles. The number of amides is 5. The molecule has 2 unspecified atom stereocenters. The summed E-state index contributed by atoms with van der Waals surface area (Å²) in [6.07, 6.45) is -3.40. The number of imide groups is 2. The lowest BCUT2D eigenvalue weighted by atomic mass is 9.88. The van der Waals surface area contributed by atoms with Gasteiger partial charge in [-0.3, -0.25) is 34.2 Å². The molecule has 3 atom stereocenters. The van der Waals surface area contributed by atoms with Crippen LogP contribution in [0.5, 0.6) is 0 Å². The molecule has 0 saturated carbocycles. The molecule has 10 nitrogen and oxygen atoms in total. The predicted molar refractivity (Wildman–Crippen MR) is 135 cm³/mol. The number of hydrogen-bond acceptors (Lipinski definition) is 7. The highest BCUT2D eigenvalue weighted by Gasteiger charge is 2.42. The van der Waals surface area contributed by atoms with E-state index >= 15 is 0 Å². The van der Waals surface area contributed by atoms with Gasteiger partial charge in [-0.15, -0.1) is 0 Å². The Morgan fingerprint density at radius 3 is 2.48 bits per heavy atom. The number of alkyl halides is 3. The molecule has 0 bridgehead atoms. The minimum absolute atomic E-state index is 0.0101. The zero-order valence-corrected chi connectivity index (χ0v) is 20.9. The van der Waals surface area contributed by atoms with Crippen LogP contribution in [0.15, 0.2) is 60.3 Å². The molecule has 13 heteroatoms. The molecule has 2 aromatic rings. The maximum absolute atomic E-state index is 13.1. The molecule has 0 radical (unpaired) electrons. The summed E-state index contributed by atoms with van der Waals surface area (Å²) in [6.45, 7) is 0.750. The molecule has 3 heterocycles. The maximum Gasteiger partial charge on any atom is 0.416 e. The van der Waals surface area contributed by atoms with Crippen LogP contribution in [-0.2, 0) is 30.1 Å². The van der Waals surface area contributed by atoms with E-state index in [1.165, 1.54) is 12.1 Å². The average Bonchev–Trinajstić information content (AvgIpc) is 3.49. The lowest BCUT2D eigenvalue weighted by molar-refractivity contribution is -0.149. The first-order valence-corrected chi connectivity index (χ1v) is 12.5. The van der Waals surface area contributed by atoms with Crippen LogP contribution >= 0.6 is 0 Å². The molecule has 5 amide bonds. The molecule has 2 aromatic carbocycles. The lowest BCUT2D eigenvalue weighted by Crippen LogP contribution is -2.54. The van der Waals surface area contributed by atoms with Crippen LogP contribution in [-0.4, -0.2) is 53.6 Å². The number of nitrogens with zero attached hydrogens (tertiary/aromatic N) is 1. The molecule has 2 fully saturated rings. The van der Waals surface area contributed by atoms with Crippen LogP contribution in [0.25, 0.3) is 0 Å². The van der Waals surface area contributed by atoms with E-state index < -0.39 is 53.2 Å². The molecule has 2 saturated heterocycles. The predicted octanol–water partition coefficient (Wildman–Crippen LogP) is 2.12. The summed E-state index contributed by atoms with van der Waals surface area (Å²) in [6, 6.07) is 10.2. The largest absolute Gasteiger partial charge is 0.416 e. The second-order valence-corrected chi connectivity index (χ2v) is 9.73. The highest BCUT2D eigenvalue weighted by Crippen LogP contribution is 2.33. The van der Waals surface area contributed by atoms with Crippen LogP contribution in [0.3, 0.4) is 0 Å². The molecule has 0 spiro atoms. The van der Waals surface area contributed by atoms with E-state index in [1.54, 1.807) is 24.3 Å². The average molecular weight is 556 g/mol. The van der Waals surface area contributed by atoms with Gasteiger partial charge in [-0.2, -0.15) is 13.2 Å². The van der Waals surface area contributed by atoms with Crippen molar-refractivity contribution >= 4 is 40.9 Å². The summed E-state index contributed by atoms with van der Waals surface area (Å²) in [5.74, 6) is -3.89. The molecular formula is C27H24F3N5O5. The number of hydrogen-bond donors (Lipinski definition) is 4. The van der Waals surface area contributed by atoms with Gasteiger partial charge in [-0.05, 0) is 42.3 Å². The Hall–Kier alpha value is -4.52. The second-order valence-electron chi connectivity index (χ2n) is 9.73. The first-order chi connectivity index (χ1) is 19.0. The van der Waals surface area contributed by atoms with Crippen molar-refractivity contribution in [2.75, 3.05) is 23.7 Å². The smallest absolute Gasteiger partial charge is 0.351 e. The quantitative estimate of drug-likeness (QED) is 0.401. The van der Waals surface area contributed by atoms with E-state index in [9.17, 15) is 37.1 Å². The van der Waals surface area contributed by atoms with Crippen molar-refractivity contribution in [1.29, 1.82) is 0 Å². The van der Waals surface area contributed by atoms with Crippen molar-refractivity contribution in [3.63, 3.8) is 0 Å². The van der Waals surface area contributed by atoms with Crippen LogP contribution < -0.4 is 21.3 Å². The fraction of sp³-hybridized carbons (Fsp3) is 0.296. The number of carbonyl (C=O) groups is 5. The van der Waals surface area contributed by atoms with Gasteiger partial charge in [0.15, 0.2) is 0 Å². The monoisotopic (exact) mass is 555 g/mol. The Bertz CT molecular complexity index is 1440. The van der Waals surface area contributed by atoms with Crippen LogP contribution in [0.2, 0.25) is 0 Å². The maximum atomic E-state index is 13.1. The van der Waals surface area contributed by atoms with Gasteiger partial charge in [0.1, 0.15) is 11.7 Å². The van der Waals surface area contributed by atoms with Gasteiger partial charge < -0.3 is 16.0 Å². The highest BCUT2D eigenvalue weighted by atomic mass is 19.4. The third-order valence-electron chi connectivity index (χ3n) is 7.08. The summed E-state index contributed by atoms with van der Waals surface area (Å²) in [7, 11) is 0. The van der Waals surface area contributed by atoms with Crippen molar-refractivity contribution < 1.29 is 37.1 Å². The van der Waals surface area contributed by atoms with Gasteiger partial charge in [0.25, 0.3) is 11.8 Å². The van der Waals surface area contributed by atoms with Crippen molar-refractivity contribution in [3.05, 3.63) is 71.4 Å². The van der Waals surface area contributed by atoms with Crippen molar-refractivity contribution in [2.45, 2.75) is 31.0 Å². The van der Waals surface area contributed by atoms with Gasteiger partial charge in [-0.1, -0.05) is 18.2 Å². The number of halogens is 3. The minimum atomic E-state index is -4.54. The second kappa shape index (κ2) is 10.6. The summed E-state index contributed by atoms with van der Waals surface area (Å²) in [5.41, 5.74) is 0.321. The van der Waals surface area contributed by atoms with Gasteiger partial charge in [-0.25, -0.2) is 0 Å². The number of benzene rings is 2. The standard InChI is InChI=1S/C27H24F3N5O5/c28-27(29,30)15-4-2-6-17(10-15)33-24(38)19-13-31-12-18(19)14-3-1-5-16(9-14)32-20-11-23(37)35(26(20)40)21-7-8-22(36)34-25(21)39/h1-6,9-11,18-19,21,31-32H,7-8,12-13H2,(H,33,38)(H,34,36,39)/t18-,19?,21?/m1/s1. The summed E-state index contributed by atoms with van der Waals surface area (Å²) >= 11 is 0. The van der Waals surface area contributed by atoms with Crippen LogP contribution in [0.1, 0.15) is 29.9 Å². The third-order valence-corrected chi connectivity index (χ3v) is 7.08. The normalized spacial score (nSPS) is 23.2. The van der Waals surface area contributed by atoms with E-state index in [4.69, 9.17) is 0 Å². The lowest BCUT2D eigenvalue weighted by Gasteiger charge is -2.28. The van der Waals surface area contributed by atoms with E-state index in [1.807, 2.05) is 0 Å². The Morgan fingerprint density at radius 2 is 1.73 bits per heavy atom. The number of piperidine rings is 1. The molecule has 40 heavy (non-hydrogen) atoms. The van der Waals surface area contributed by atoms with Gasteiger partial charge in [0.2, 0.25) is 17.7 Å². The van der Waals surface area contributed by atoms with Crippen LogP contribution in [0, 0.1) is 5.92 Å². The fourth-order valence-electron chi connectivity index (χ4n) is 5.11.